The number of nitrogens with two attached hydrogens (primary N) is 1. The summed E-state index contributed by atoms with van der Waals surface area (Å²) >= 11 is 6.87. The number of hydrogen-bond donors (Lipinski definition) is 1. The molecule has 0 bridgehead atoms. The van der Waals surface area contributed by atoms with Gasteiger partial charge in [0.25, 0.3) is 5.91 Å². The number of pyridine rings is 1. The third-order valence-electron chi connectivity index (χ3n) is 4.34. The number of esters is 1. The third kappa shape index (κ3) is 5.11. The molecule has 2 N–H and O–H groups in total. The molecule has 0 radical (unpaired) electrons. The predicted octanol–water partition coefficient (Wildman–Crippen LogP) is 3.67. The highest BCUT2D eigenvalue weighted by molar-refractivity contribution is 8.00. The van der Waals surface area contributed by atoms with Gasteiger partial charge in [0.1, 0.15) is 5.03 Å². The van der Waals surface area contributed by atoms with Crippen LogP contribution < -0.4 is 5.73 Å². The van der Waals surface area contributed by atoms with E-state index in [4.69, 9.17) is 22.1 Å². The Morgan fingerprint density at radius 1 is 1.14 bits per heavy atom. The van der Waals surface area contributed by atoms with E-state index in [-0.39, 0.29) is 11.5 Å². The van der Waals surface area contributed by atoms with Crippen LogP contribution in [0.2, 0.25) is 5.02 Å². The first-order valence-electron chi connectivity index (χ1n) is 8.51. The van der Waals surface area contributed by atoms with Gasteiger partial charge in [0, 0.05) is 16.3 Å². The summed E-state index contributed by atoms with van der Waals surface area (Å²) in [6, 6.07) is 6.34. The maximum atomic E-state index is 12.3. The molecule has 1 aromatic heterocycles. The second-order valence-electron chi connectivity index (χ2n) is 6.28. The molecule has 1 aromatic carbocycles. The Morgan fingerprint density at radius 3 is 2.32 bits per heavy atom. The molecule has 8 heteroatoms. The lowest BCUT2D eigenvalue weighted by Gasteiger charge is -2.14. The monoisotopic (exact) mass is 420 g/mol. The van der Waals surface area contributed by atoms with E-state index in [0.717, 1.165) is 28.6 Å². The molecule has 6 nitrogen and oxygen atoms in total. The van der Waals surface area contributed by atoms with Crippen LogP contribution in [0.3, 0.4) is 0 Å². The number of hydrogen-bond acceptors (Lipinski definition) is 6. The van der Waals surface area contributed by atoms with E-state index in [1.54, 1.807) is 31.2 Å². The molecule has 0 aliphatic heterocycles. The molecule has 0 aliphatic carbocycles. The van der Waals surface area contributed by atoms with Crippen molar-refractivity contribution in [2.24, 2.45) is 5.73 Å². The van der Waals surface area contributed by atoms with Crippen molar-refractivity contribution < 1.29 is 19.1 Å². The molecule has 1 amide bonds. The van der Waals surface area contributed by atoms with Crippen LogP contribution in [0.4, 0.5) is 0 Å². The van der Waals surface area contributed by atoms with Crippen LogP contribution >= 0.6 is 23.4 Å². The smallest absolute Gasteiger partial charge is 0.317 e. The van der Waals surface area contributed by atoms with E-state index in [9.17, 15) is 14.4 Å². The van der Waals surface area contributed by atoms with E-state index < -0.39 is 18.0 Å². The first kappa shape index (κ1) is 21.9. The number of benzene rings is 1. The minimum Gasteiger partial charge on any atom is -0.454 e. The van der Waals surface area contributed by atoms with Crippen molar-refractivity contribution >= 4 is 41.0 Å². The number of halogens is 1. The SMILES string of the molecule is Cc1nc(SCC(=O)O[C@H](C)C(=O)c2ccc(Cl)cc2)c(C(N)=O)c(C)c1C. The van der Waals surface area contributed by atoms with Crippen LogP contribution in [-0.4, -0.2) is 34.5 Å². The van der Waals surface area contributed by atoms with Crippen LogP contribution in [0, 0.1) is 20.8 Å². The van der Waals surface area contributed by atoms with Gasteiger partial charge in [-0.2, -0.15) is 0 Å². The van der Waals surface area contributed by atoms with Gasteiger partial charge in [0.2, 0.25) is 5.78 Å². The number of thioether (sulfide) groups is 1. The highest BCUT2D eigenvalue weighted by atomic mass is 35.5. The first-order chi connectivity index (χ1) is 13.1. The van der Waals surface area contributed by atoms with Crippen LogP contribution in [0.1, 0.15) is 44.5 Å². The number of carbonyl (C=O) groups excluding carboxylic acids is 3. The van der Waals surface area contributed by atoms with Crippen molar-refractivity contribution in [3.63, 3.8) is 0 Å². The standard InChI is InChI=1S/C20H21ClN2O4S/c1-10-11(2)17(19(22)26)20(23-12(10)3)28-9-16(24)27-13(4)18(25)14-5-7-15(21)8-6-14/h5-8,13H,9H2,1-4H3,(H2,22,26)/t13-/m1/s1. The molecule has 0 saturated carbocycles. The minimum atomic E-state index is -0.945. The largest absolute Gasteiger partial charge is 0.454 e. The summed E-state index contributed by atoms with van der Waals surface area (Å²) in [6.45, 7) is 6.98. The summed E-state index contributed by atoms with van der Waals surface area (Å²) in [5, 5.41) is 0.890. The lowest BCUT2D eigenvalue weighted by Crippen LogP contribution is -2.25. The second kappa shape index (κ2) is 9.21. The molecular formula is C20H21ClN2O4S. The van der Waals surface area contributed by atoms with Crippen LogP contribution in [0.5, 0.6) is 0 Å². The number of ether oxygens (including phenoxy) is 1. The van der Waals surface area contributed by atoms with Gasteiger partial charge < -0.3 is 10.5 Å². The molecule has 0 aliphatic rings. The zero-order chi connectivity index (χ0) is 21.0. The van der Waals surface area contributed by atoms with Gasteiger partial charge in [0.15, 0.2) is 6.10 Å². The van der Waals surface area contributed by atoms with Gasteiger partial charge in [-0.15, -0.1) is 0 Å². The van der Waals surface area contributed by atoms with Crippen molar-refractivity contribution in [2.45, 2.75) is 38.8 Å². The Bertz CT molecular complexity index is 929. The average molecular weight is 421 g/mol. The normalized spacial score (nSPS) is 11.8. The van der Waals surface area contributed by atoms with Crippen LogP contribution in [-0.2, 0) is 9.53 Å². The van der Waals surface area contributed by atoms with Crippen molar-refractivity contribution in [1.29, 1.82) is 0 Å². The van der Waals surface area contributed by atoms with Gasteiger partial charge in [-0.05, 0) is 63.1 Å². The van der Waals surface area contributed by atoms with E-state index >= 15 is 0 Å². The topological polar surface area (TPSA) is 99.3 Å². The summed E-state index contributed by atoms with van der Waals surface area (Å²) in [7, 11) is 0. The van der Waals surface area contributed by atoms with Crippen molar-refractivity contribution in [2.75, 3.05) is 5.75 Å². The number of Topliss-reactive ketones (excluding diaryl/α,β-unsaturated/α-hetero) is 1. The number of ketones is 1. The molecule has 0 unspecified atom stereocenters. The van der Waals surface area contributed by atoms with E-state index in [2.05, 4.69) is 4.98 Å². The molecule has 28 heavy (non-hydrogen) atoms. The van der Waals surface area contributed by atoms with E-state index in [1.807, 2.05) is 13.8 Å². The average Bonchev–Trinajstić information content (AvgIpc) is 2.64. The highest BCUT2D eigenvalue weighted by Gasteiger charge is 2.22. The number of rotatable bonds is 7. The number of nitrogens with zero attached hydrogens (tertiary/aromatic N) is 1. The molecule has 0 fully saturated rings. The molecule has 2 aromatic rings. The zero-order valence-corrected chi connectivity index (χ0v) is 17.6. The summed E-state index contributed by atoms with van der Waals surface area (Å²) in [4.78, 5) is 40.7. The number of amides is 1. The summed E-state index contributed by atoms with van der Waals surface area (Å²) in [6.07, 6.45) is -0.945. The lowest BCUT2D eigenvalue weighted by atomic mass is 10.0. The molecule has 0 spiro atoms. The fourth-order valence-electron chi connectivity index (χ4n) is 2.57. The van der Waals surface area contributed by atoms with Gasteiger partial charge in [0.05, 0.1) is 11.3 Å². The van der Waals surface area contributed by atoms with Crippen LogP contribution in [0.15, 0.2) is 29.3 Å². The van der Waals surface area contributed by atoms with E-state index in [0.29, 0.717) is 21.2 Å². The molecular weight excluding hydrogens is 400 g/mol. The van der Waals surface area contributed by atoms with Crippen molar-refractivity contribution in [3.05, 3.63) is 57.2 Å². The van der Waals surface area contributed by atoms with Crippen molar-refractivity contribution in [1.82, 2.24) is 4.98 Å². The Balaban J connectivity index is 2.05. The number of aromatic nitrogens is 1. The summed E-state index contributed by atoms with van der Waals surface area (Å²) in [5.41, 5.74) is 8.54. The second-order valence-corrected chi connectivity index (χ2v) is 7.68. The van der Waals surface area contributed by atoms with Gasteiger partial charge in [-0.25, -0.2) is 4.98 Å². The molecule has 1 atom stereocenters. The Kier molecular flexibility index (Phi) is 7.21. The summed E-state index contributed by atoms with van der Waals surface area (Å²) < 4.78 is 5.22. The Morgan fingerprint density at radius 2 is 1.75 bits per heavy atom. The highest BCUT2D eigenvalue weighted by Crippen LogP contribution is 2.27. The predicted molar refractivity (Wildman–Crippen MR) is 109 cm³/mol. The number of carbonyl (C=O) groups is 3. The lowest BCUT2D eigenvalue weighted by molar-refractivity contribution is -0.143. The molecule has 0 saturated heterocycles. The van der Waals surface area contributed by atoms with Crippen molar-refractivity contribution in [3.8, 4) is 0 Å². The third-order valence-corrected chi connectivity index (χ3v) is 5.54. The van der Waals surface area contributed by atoms with E-state index in [1.165, 1.54) is 6.92 Å². The van der Waals surface area contributed by atoms with Crippen LogP contribution in [0.25, 0.3) is 0 Å². The van der Waals surface area contributed by atoms with Gasteiger partial charge in [-0.1, -0.05) is 23.4 Å². The zero-order valence-electron chi connectivity index (χ0n) is 16.0. The maximum Gasteiger partial charge on any atom is 0.317 e. The fourth-order valence-corrected chi connectivity index (χ4v) is 3.61. The Hall–Kier alpha value is -2.38. The quantitative estimate of drug-likeness (QED) is 0.416. The molecule has 148 valence electrons. The first-order valence-corrected chi connectivity index (χ1v) is 9.87. The Labute approximate surface area is 172 Å². The summed E-state index contributed by atoms with van der Waals surface area (Å²) in [5.74, 6) is -1.62. The minimum absolute atomic E-state index is 0.104. The van der Waals surface area contributed by atoms with Gasteiger partial charge in [-0.3, -0.25) is 14.4 Å². The molecule has 2 rings (SSSR count). The van der Waals surface area contributed by atoms with Gasteiger partial charge >= 0.3 is 5.97 Å². The maximum absolute atomic E-state index is 12.3. The molecule has 1 heterocycles. The number of primary amides is 1. The fraction of sp³-hybridized carbons (Fsp3) is 0.300. The number of aryl methyl sites for hydroxylation is 1.